The van der Waals surface area contributed by atoms with Crippen LogP contribution in [0.3, 0.4) is 0 Å². The number of likely N-dealkylation sites (N-methyl/N-ethyl adjacent to an activating group) is 1. The Kier molecular flexibility index (Phi) is 3.49. The van der Waals surface area contributed by atoms with Crippen LogP contribution in [0.2, 0.25) is 5.15 Å². The molecule has 0 aliphatic heterocycles. The van der Waals surface area contributed by atoms with Crippen LogP contribution in [-0.4, -0.2) is 39.1 Å². The first-order valence-corrected chi connectivity index (χ1v) is 4.45. The third-order valence-corrected chi connectivity index (χ3v) is 2.20. The lowest BCUT2D eigenvalue weighted by atomic mass is 10.5. The maximum atomic E-state index is 10.4. The van der Waals surface area contributed by atoms with E-state index < -0.39 is 5.97 Å². The summed E-state index contributed by atoms with van der Waals surface area (Å²) < 4.78 is 1.72. The van der Waals surface area contributed by atoms with Gasteiger partial charge in [0.1, 0.15) is 11.0 Å². The van der Waals surface area contributed by atoms with Crippen LogP contribution in [0.15, 0.2) is 6.20 Å². The molecule has 14 heavy (non-hydrogen) atoms. The number of aliphatic carboxylic acids is 1. The standard InChI is InChI=1S/C8H12ClN3O2/c1-11(5-8(13)14)4-7-10-3-6(9)12(7)2/h3H,4-5H2,1-2H3,(H,13,14). The number of hydrogen-bond donors (Lipinski definition) is 1. The number of carboxylic acids is 1. The van der Waals surface area contributed by atoms with E-state index in [1.807, 2.05) is 0 Å². The summed E-state index contributed by atoms with van der Waals surface area (Å²) >= 11 is 5.78. The fraction of sp³-hybridized carbons (Fsp3) is 0.500. The highest BCUT2D eigenvalue weighted by Gasteiger charge is 2.09. The van der Waals surface area contributed by atoms with Crippen molar-refractivity contribution in [2.24, 2.45) is 7.05 Å². The second-order valence-corrected chi connectivity index (χ2v) is 3.51. The normalized spacial score (nSPS) is 10.9. The molecule has 1 aromatic rings. The Morgan fingerprint density at radius 3 is 2.86 bits per heavy atom. The molecule has 0 aromatic carbocycles. The van der Waals surface area contributed by atoms with Crippen LogP contribution in [0, 0.1) is 0 Å². The van der Waals surface area contributed by atoms with Gasteiger partial charge in [0, 0.05) is 7.05 Å². The third kappa shape index (κ3) is 2.71. The minimum Gasteiger partial charge on any atom is -0.480 e. The van der Waals surface area contributed by atoms with Crippen molar-refractivity contribution < 1.29 is 9.90 Å². The van der Waals surface area contributed by atoms with Gasteiger partial charge in [-0.15, -0.1) is 0 Å². The summed E-state index contributed by atoms with van der Waals surface area (Å²) in [6.45, 7) is 0.458. The smallest absolute Gasteiger partial charge is 0.317 e. The van der Waals surface area contributed by atoms with Gasteiger partial charge in [-0.1, -0.05) is 11.6 Å². The molecule has 6 heteroatoms. The summed E-state index contributed by atoms with van der Waals surface area (Å²) in [5, 5.41) is 9.09. The first-order chi connectivity index (χ1) is 6.50. The maximum absolute atomic E-state index is 10.4. The Labute approximate surface area is 86.9 Å². The van der Waals surface area contributed by atoms with E-state index in [2.05, 4.69) is 4.98 Å². The van der Waals surface area contributed by atoms with Crippen LogP contribution in [-0.2, 0) is 18.4 Å². The molecule has 0 saturated carbocycles. The zero-order valence-corrected chi connectivity index (χ0v) is 8.82. The Bertz CT molecular complexity index is 337. The summed E-state index contributed by atoms with van der Waals surface area (Å²) in [5.41, 5.74) is 0. The van der Waals surface area contributed by atoms with E-state index in [1.54, 1.807) is 29.8 Å². The van der Waals surface area contributed by atoms with Crippen LogP contribution in [0.1, 0.15) is 5.82 Å². The van der Waals surface area contributed by atoms with Crippen molar-refractivity contribution in [1.82, 2.24) is 14.5 Å². The van der Waals surface area contributed by atoms with E-state index in [1.165, 1.54) is 0 Å². The van der Waals surface area contributed by atoms with Gasteiger partial charge in [0.25, 0.3) is 0 Å². The first kappa shape index (κ1) is 11.0. The van der Waals surface area contributed by atoms with Crippen molar-refractivity contribution in [1.29, 1.82) is 0 Å². The molecule has 1 N–H and O–H groups in total. The molecule has 0 fully saturated rings. The molecular weight excluding hydrogens is 206 g/mol. The predicted molar refractivity (Wildman–Crippen MR) is 52.2 cm³/mol. The van der Waals surface area contributed by atoms with Crippen molar-refractivity contribution in [3.8, 4) is 0 Å². The van der Waals surface area contributed by atoms with E-state index in [9.17, 15) is 4.79 Å². The molecule has 0 radical (unpaired) electrons. The molecular formula is C8H12ClN3O2. The zero-order valence-electron chi connectivity index (χ0n) is 8.07. The summed E-state index contributed by atoms with van der Waals surface area (Å²) in [5.74, 6) is -0.105. The fourth-order valence-corrected chi connectivity index (χ4v) is 1.25. The molecule has 0 unspecified atom stereocenters. The molecule has 0 spiro atoms. The average Bonchev–Trinajstić information content (AvgIpc) is 2.34. The molecule has 1 rings (SSSR count). The predicted octanol–water partition coefficient (Wildman–Crippen LogP) is 0.590. The number of rotatable bonds is 4. The van der Waals surface area contributed by atoms with Crippen molar-refractivity contribution >= 4 is 17.6 Å². The first-order valence-electron chi connectivity index (χ1n) is 4.07. The van der Waals surface area contributed by atoms with Crippen molar-refractivity contribution in [2.75, 3.05) is 13.6 Å². The largest absolute Gasteiger partial charge is 0.480 e. The van der Waals surface area contributed by atoms with Gasteiger partial charge in [-0.2, -0.15) is 0 Å². The van der Waals surface area contributed by atoms with Crippen molar-refractivity contribution in [2.45, 2.75) is 6.54 Å². The molecule has 0 amide bonds. The topological polar surface area (TPSA) is 58.4 Å². The van der Waals surface area contributed by atoms with E-state index in [0.29, 0.717) is 11.7 Å². The van der Waals surface area contributed by atoms with Gasteiger partial charge in [0.2, 0.25) is 0 Å². The van der Waals surface area contributed by atoms with E-state index in [4.69, 9.17) is 16.7 Å². The number of hydrogen-bond acceptors (Lipinski definition) is 3. The minimum atomic E-state index is -0.854. The highest BCUT2D eigenvalue weighted by Crippen LogP contribution is 2.10. The molecule has 1 heterocycles. The Balaban J connectivity index is 2.60. The summed E-state index contributed by atoms with van der Waals surface area (Å²) in [4.78, 5) is 16.1. The van der Waals surface area contributed by atoms with Gasteiger partial charge in [0.05, 0.1) is 19.3 Å². The number of imidazole rings is 1. The van der Waals surface area contributed by atoms with Crippen molar-refractivity contribution in [3.05, 3.63) is 17.2 Å². The second kappa shape index (κ2) is 4.43. The van der Waals surface area contributed by atoms with Gasteiger partial charge in [-0.3, -0.25) is 9.69 Å². The number of carboxylic acid groups (broad SMARTS) is 1. The monoisotopic (exact) mass is 217 g/mol. The van der Waals surface area contributed by atoms with Gasteiger partial charge in [0.15, 0.2) is 0 Å². The van der Waals surface area contributed by atoms with Crippen LogP contribution in [0.25, 0.3) is 0 Å². The third-order valence-electron chi connectivity index (χ3n) is 1.84. The lowest BCUT2D eigenvalue weighted by molar-refractivity contribution is -0.138. The SMILES string of the molecule is CN(CC(=O)O)Cc1ncc(Cl)n1C. The zero-order chi connectivity index (χ0) is 10.7. The molecule has 0 saturated heterocycles. The van der Waals surface area contributed by atoms with Crippen molar-refractivity contribution in [3.63, 3.8) is 0 Å². The summed E-state index contributed by atoms with van der Waals surface area (Å²) in [6.07, 6.45) is 1.55. The quantitative estimate of drug-likeness (QED) is 0.802. The lowest BCUT2D eigenvalue weighted by Gasteiger charge is -2.13. The number of halogens is 1. The van der Waals surface area contributed by atoms with Gasteiger partial charge in [-0.05, 0) is 7.05 Å². The molecule has 1 aromatic heterocycles. The highest BCUT2D eigenvalue weighted by molar-refractivity contribution is 6.29. The summed E-state index contributed by atoms with van der Waals surface area (Å²) in [6, 6.07) is 0. The highest BCUT2D eigenvalue weighted by atomic mass is 35.5. The molecule has 78 valence electrons. The maximum Gasteiger partial charge on any atom is 0.317 e. The number of carbonyl (C=O) groups is 1. The van der Waals surface area contributed by atoms with Crippen LogP contribution in [0.5, 0.6) is 0 Å². The van der Waals surface area contributed by atoms with E-state index in [0.717, 1.165) is 5.82 Å². The Hall–Kier alpha value is -1.07. The fourth-order valence-electron chi connectivity index (χ4n) is 1.10. The van der Waals surface area contributed by atoms with E-state index in [-0.39, 0.29) is 6.54 Å². The van der Waals surface area contributed by atoms with E-state index >= 15 is 0 Å². The van der Waals surface area contributed by atoms with Crippen LogP contribution >= 0.6 is 11.6 Å². The number of aromatic nitrogens is 2. The molecule has 0 bridgehead atoms. The molecule has 0 atom stereocenters. The second-order valence-electron chi connectivity index (χ2n) is 3.12. The summed E-state index contributed by atoms with van der Waals surface area (Å²) in [7, 11) is 3.51. The van der Waals surface area contributed by atoms with Gasteiger partial charge >= 0.3 is 5.97 Å². The van der Waals surface area contributed by atoms with Gasteiger partial charge < -0.3 is 9.67 Å². The number of nitrogens with zero attached hydrogens (tertiary/aromatic N) is 3. The van der Waals surface area contributed by atoms with Crippen LogP contribution < -0.4 is 0 Å². The Morgan fingerprint density at radius 2 is 2.43 bits per heavy atom. The molecule has 0 aliphatic carbocycles. The lowest BCUT2D eigenvalue weighted by Crippen LogP contribution is -2.26. The average molecular weight is 218 g/mol. The van der Waals surface area contributed by atoms with Gasteiger partial charge in [-0.25, -0.2) is 4.98 Å². The molecule has 5 nitrogen and oxygen atoms in total. The van der Waals surface area contributed by atoms with Crippen LogP contribution in [0.4, 0.5) is 0 Å². The molecule has 0 aliphatic rings. The minimum absolute atomic E-state index is 0.00945. The Morgan fingerprint density at radius 1 is 1.79 bits per heavy atom.